The minimum atomic E-state index is -0.397. The maximum atomic E-state index is 12.2. The summed E-state index contributed by atoms with van der Waals surface area (Å²) in [5.41, 5.74) is -0.329. The average molecular weight is 260 g/mol. The molecule has 0 spiro atoms. The van der Waals surface area contributed by atoms with Crippen LogP contribution in [0, 0.1) is 11.3 Å². The Bertz CT molecular complexity index is 612. The van der Waals surface area contributed by atoms with Crippen LogP contribution in [0.15, 0.2) is 11.0 Å². The first-order chi connectivity index (χ1) is 8.97. The van der Waals surface area contributed by atoms with Gasteiger partial charge in [0.2, 0.25) is 5.91 Å². The summed E-state index contributed by atoms with van der Waals surface area (Å²) < 4.78 is 1.49. The highest BCUT2D eigenvalue weighted by Crippen LogP contribution is 2.31. The van der Waals surface area contributed by atoms with Gasteiger partial charge in [0.1, 0.15) is 17.5 Å². The van der Waals surface area contributed by atoms with E-state index in [1.165, 1.54) is 15.7 Å². The molecule has 0 aromatic carbocycles. The minimum Gasteiger partial charge on any atom is -0.348 e. The molecule has 2 heterocycles. The molecule has 19 heavy (non-hydrogen) atoms. The van der Waals surface area contributed by atoms with Gasteiger partial charge in [0.25, 0.3) is 5.56 Å². The number of amides is 1. The van der Waals surface area contributed by atoms with Crippen LogP contribution in [0.2, 0.25) is 0 Å². The highest BCUT2D eigenvalue weighted by Gasteiger charge is 2.33. The fourth-order valence-corrected chi connectivity index (χ4v) is 2.45. The van der Waals surface area contributed by atoms with E-state index >= 15 is 0 Å². The van der Waals surface area contributed by atoms with Gasteiger partial charge in [-0.05, 0) is 19.8 Å². The number of hydrogen-bond acceptors (Lipinski definition) is 4. The van der Waals surface area contributed by atoms with Gasteiger partial charge >= 0.3 is 0 Å². The Hall–Kier alpha value is -2.16. The van der Waals surface area contributed by atoms with Gasteiger partial charge in [-0.3, -0.25) is 14.2 Å². The molecule has 0 fully saturated rings. The lowest BCUT2D eigenvalue weighted by atomic mass is 9.93. The average Bonchev–Trinajstić information content (AvgIpc) is 2.38. The standard InChI is InChI=1S/C13H16N4O2/c1-8-4-5-10(13(19)16(2)3)11-15-7-9(6-14)12(18)17(8)11/h7-8,10H,4-5H2,1-3H3/t8-,10-/m0/s1. The van der Waals surface area contributed by atoms with Crippen LogP contribution in [-0.4, -0.2) is 34.5 Å². The van der Waals surface area contributed by atoms with E-state index in [9.17, 15) is 9.59 Å². The van der Waals surface area contributed by atoms with Crippen LogP contribution in [-0.2, 0) is 4.79 Å². The van der Waals surface area contributed by atoms with E-state index in [-0.39, 0.29) is 23.1 Å². The first-order valence-electron chi connectivity index (χ1n) is 6.20. The number of nitrogens with zero attached hydrogens (tertiary/aromatic N) is 4. The zero-order chi connectivity index (χ0) is 14.2. The first kappa shape index (κ1) is 13.3. The van der Waals surface area contributed by atoms with Crippen molar-refractivity contribution in [3.05, 3.63) is 27.9 Å². The Labute approximate surface area is 111 Å². The van der Waals surface area contributed by atoms with Gasteiger partial charge in [0.05, 0.1) is 12.1 Å². The zero-order valence-electron chi connectivity index (χ0n) is 11.3. The van der Waals surface area contributed by atoms with E-state index in [2.05, 4.69) is 4.98 Å². The Kier molecular flexibility index (Phi) is 3.38. The second-order valence-corrected chi connectivity index (χ2v) is 5.03. The quantitative estimate of drug-likeness (QED) is 0.742. The van der Waals surface area contributed by atoms with E-state index in [1.54, 1.807) is 14.1 Å². The van der Waals surface area contributed by atoms with E-state index in [0.717, 1.165) is 6.42 Å². The molecule has 1 aliphatic rings. The molecule has 0 bridgehead atoms. The maximum Gasteiger partial charge on any atom is 0.271 e. The molecule has 0 aliphatic carbocycles. The molecule has 0 radical (unpaired) electrons. The van der Waals surface area contributed by atoms with Crippen molar-refractivity contribution in [2.24, 2.45) is 0 Å². The summed E-state index contributed by atoms with van der Waals surface area (Å²) in [7, 11) is 3.37. The van der Waals surface area contributed by atoms with Gasteiger partial charge < -0.3 is 4.90 Å². The molecule has 1 amide bonds. The highest BCUT2D eigenvalue weighted by atomic mass is 16.2. The summed E-state index contributed by atoms with van der Waals surface area (Å²) in [6.45, 7) is 1.91. The fraction of sp³-hybridized carbons (Fsp3) is 0.538. The fourth-order valence-electron chi connectivity index (χ4n) is 2.45. The smallest absolute Gasteiger partial charge is 0.271 e. The molecular weight excluding hydrogens is 244 g/mol. The van der Waals surface area contributed by atoms with Gasteiger partial charge in [0, 0.05) is 20.1 Å². The van der Waals surface area contributed by atoms with Crippen LogP contribution < -0.4 is 5.56 Å². The second kappa shape index (κ2) is 4.84. The van der Waals surface area contributed by atoms with Crippen molar-refractivity contribution in [1.82, 2.24) is 14.5 Å². The number of nitriles is 1. The summed E-state index contributed by atoms with van der Waals surface area (Å²) in [5.74, 6) is 0.0188. The predicted molar refractivity (Wildman–Crippen MR) is 68.6 cm³/mol. The van der Waals surface area contributed by atoms with Crippen molar-refractivity contribution >= 4 is 5.91 Å². The van der Waals surface area contributed by atoms with E-state index in [1.807, 2.05) is 13.0 Å². The summed E-state index contributed by atoms with van der Waals surface area (Å²) in [6.07, 6.45) is 2.67. The molecule has 2 rings (SSSR count). The van der Waals surface area contributed by atoms with Crippen LogP contribution >= 0.6 is 0 Å². The maximum absolute atomic E-state index is 12.2. The number of fused-ring (bicyclic) bond motifs is 1. The molecule has 1 aromatic heterocycles. The molecule has 6 nitrogen and oxygen atoms in total. The topological polar surface area (TPSA) is 79.0 Å². The van der Waals surface area contributed by atoms with E-state index in [4.69, 9.17) is 5.26 Å². The zero-order valence-corrected chi connectivity index (χ0v) is 11.3. The van der Waals surface area contributed by atoms with E-state index < -0.39 is 5.92 Å². The molecule has 0 saturated heterocycles. The number of aromatic nitrogens is 2. The summed E-state index contributed by atoms with van der Waals surface area (Å²) in [6, 6.07) is 1.81. The Morgan fingerprint density at radius 3 is 2.79 bits per heavy atom. The lowest BCUT2D eigenvalue weighted by molar-refractivity contribution is -0.131. The molecule has 1 aromatic rings. The Balaban J connectivity index is 2.59. The third kappa shape index (κ3) is 2.12. The van der Waals surface area contributed by atoms with Crippen LogP contribution in [0.1, 0.15) is 43.1 Å². The number of hydrogen-bond donors (Lipinski definition) is 0. The van der Waals surface area contributed by atoms with Crippen LogP contribution in [0.3, 0.4) is 0 Å². The van der Waals surface area contributed by atoms with Crippen LogP contribution in [0.25, 0.3) is 0 Å². The van der Waals surface area contributed by atoms with Crippen molar-refractivity contribution in [1.29, 1.82) is 5.26 Å². The molecular formula is C13H16N4O2. The molecule has 0 unspecified atom stereocenters. The first-order valence-corrected chi connectivity index (χ1v) is 6.20. The minimum absolute atomic E-state index is 0.0218. The monoisotopic (exact) mass is 260 g/mol. The van der Waals surface area contributed by atoms with Crippen molar-refractivity contribution in [3.8, 4) is 6.07 Å². The Morgan fingerprint density at radius 1 is 1.53 bits per heavy atom. The van der Waals surface area contributed by atoms with Crippen molar-refractivity contribution in [3.63, 3.8) is 0 Å². The normalized spacial score (nSPS) is 21.4. The molecule has 0 N–H and O–H groups in total. The molecule has 100 valence electrons. The number of carbonyl (C=O) groups excluding carboxylic acids is 1. The number of carbonyl (C=O) groups is 1. The molecule has 0 saturated carbocycles. The van der Waals surface area contributed by atoms with Gasteiger partial charge in [-0.15, -0.1) is 0 Å². The van der Waals surface area contributed by atoms with Crippen molar-refractivity contribution in [2.45, 2.75) is 31.7 Å². The lowest BCUT2D eigenvalue weighted by Crippen LogP contribution is -2.39. The lowest BCUT2D eigenvalue weighted by Gasteiger charge is -2.30. The number of likely N-dealkylation sites (N-methyl/N-ethyl adjacent to an activating group) is 1. The van der Waals surface area contributed by atoms with Gasteiger partial charge in [-0.2, -0.15) is 5.26 Å². The van der Waals surface area contributed by atoms with Gasteiger partial charge in [0.15, 0.2) is 0 Å². The third-order valence-corrected chi connectivity index (χ3v) is 3.51. The predicted octanol–water partition coefficient (Wildman–Crippen LogP) is 0.642. The van der Waals surface area contributed by atoms with Crippen LogP contribution in [0.4, 0.5) is 0 Å². The number of rotatable bonds is 1. The summed E-state index contributed by atoms with van der Waals surface area (Å²) in [5, 5.41) is 8.89. The summed E-state index contributed by atoms with van der Waals surface area (Å²) >= 11 is 0. The molecule has 6 heteroatoms. The van der Waals surface area contributed by atoms with Crippen molar-refractivity contribution in [2.75, 3.05) is 14.1 Å². The highest BCUT2D eigenvalue weighted by molar-refractivity contribution is 5.82. The molecule has 2 atom stereocenters. The van der Waals surface area contributed by atoms with Gasteiger partial charge in [-0.25, -0.2) is 4.98 Å². The summed E-state index contributed by atoms with van der Waals surface area (Å²) in [4.78, 5) is 30.0. The Morgan fingerprint density at radius 2 is 2.21 bits per heavy atom. The second-order valence-electron chi connectivity index (χ2n) is 5.03. The van der Waals surface area contributed by atoms with Crippen LogP contribution in [0.5, 0.6) is 0 Å². The van der Waals surface area contributed by atoms with Gasteiger partial charge in [-0.1, -0.05) is 0 Å². The largest absolute Gasteiger partial charge is 0.348 e. The third-order valence-electron chi connectivity index (χ3n) is 3.51. The van der Waals surface area contributed by atoms with E-state index in [0.29, 0.717) is 12.2 Å². The molecule has 1 aliphatic heterocycles. The van der Waals surface area contributed by atoms with Crippen molar-refractivity contribution < 1.29 is 4.79 Å². The SMILES string of the molecule is C[C@H]1CC[C@H](C(=O)N(C)C)c2ncc(C#N)c(=O)n21.